The Morgan fingerprint density at radius 2 is 1.38 bits per heavy atom. The Balaban J connectivity index is 1.76. The van der Waals surface area contributed by atoms with Crippen LogP contribution in [-0.4, -0.2) is 40.4 Å². The van der Waals surface area contributed by atoms with Crippen molar-refractivity contribution in [2.75, 3.05) is 0 Å². The molecule has 8 heteroatoms. The minimum atomic E-state index is 0.710. The number of hydrogen-bond donors (Lipinski definition) is 0. The van der Waals surface area contributed by atoms with Gasteiger partial charge in [-0.3, -0.25) is 0 Å². The predicted molar refractivity (Wildman–Crippen MR) is 40.3 cm³/mol. The fourth-order valence-electron chi connectivity index (χ4n) is 0.935. The van der Waals surface area contributed by atoms with Crippen LogP contribution in [0.5, 0.6) is 0 Å². The summed E-state index contributed by atoms with van der Waals surface area (Å²) in [5.74, 6) is 0. The second-order valence-corrected chi connectivity index (χ2v) is 2.42. The van der Waals surface area contributed by atoms with E-state index in [2.05, 4.69) is 30.8 Å². The molecule has 0 saturated carbocycles. The largest absolute Gasteiger partial charge is 0.164 e. The maximum atomic E-state index is 3.86. The van der Waals surface area contributed by atoms with Gasteiger partial charge in [0.2, 0.25) is 0 Å². The van der Waals surface area contributed by atoms with Gasteiger partial charge in [0.15, 0.2) is 12.7 Å². The average Bonchev–Trinajstić information content (AvgIpc) is 2.75. The summed E-state index contributed by atoms with van der Waals surface area (Å²) in [6.07, 6.45) is 3.67. The fraction of sp³-hybridized carbons (Fsp3) is 0.600. The molecule has 0 radical (unpaired) electrons. The van der Waals surface area contributed by atoms with E-state index in [4.69, 9.17) is 0 Å². The average molecular weight is 180 g/mol. The van der Waals surface area contributed by atoms with Crippen molar-refractivity contribution >= 4 is 0 Å². The number of aromatic nitrogens is 8. The van der Waals surface area contributed by atoms with Crippen molar-refractivity contribution in [2.24, 2.45) is 0 Å². The van der Waals surface area contributed by atoms with Crippen LogP contribution < -0.4 is 0 Å². The molecule has 8 nitrogen and oxygen atoms in total. The Morgan fingerprint density at radius 1 is 0.846 bits per heavy atom. The summed E-state index contributed by atoms with van der Waals surface area (Å²) in [5.41, 5.74) is 0. The molecule has 0 aliphatic carbocycles. The van der Waals surface area contributed by atoms with E-state index in [1.165, 1.54) is 22.2 Å². The fourth-order valence-corrected chi connectivity index (χ4v) is 0.935. The minimum Gasteiger partial charge on any atom is -0.164 e. The molecule has 0 spiro atoms. The lowest BCUT2D eigenvalue weighted by Gasteiger charge is -1.97. The first-order chi connectivity index (χ1) is 6.45. The number of nitrogens with zero attached hydrogens (tertiary/aromatic N) is 8. The summed E-state index contributed by atoms with van der Waals surface area (Å²) in [5, 5.41) is 22.4. The van der Waals surface area contributed by atoms with E-state index in [0.717, 1.165) is 6.42 Å². The van der Waals surface area contributed by atoms with Crippen LogP contribution in [-0.2, 0) is 13.1 Å². The molecule has 0 aliphatic heterocycles. The standard InChI is InChI=1S/C5H8N8/c1(2-12-8-4-6-10-12)3-13-9-5-7-11-13/h4-5H,1-3H2. The number of aryl methyl sites for hydroxylation is 2. The van der Waals surface area contributed by atoms with Crippen molar-refractivity contribution in [3.63, 3.8) is 0 Å². The van der Waals surface area contributed by atoms with E-state index in [1.54, 1.807) is 0 Å². The zero-order chi connectivity index (χ0) is 8.93. The van der Waals surface area contributed by atoms with Crippen LogP contribution in [0.4, 0.5) is 0 Å². The lowest BCUT2D eigenvalue weighted by Crippen LogP contribution is -2.08. The topological polar surface area (TPSA) is 87.2 Å². The molecule has 68 valence electrons. The van der Waals surface area contributed by atoms with Crippen molar-refractivity contribution in [2.45, 2.75) is 19.5 Å². The Labute approximate surface area is 73.6 Å². The molecule has 2 aromatic rings. The van der Waals surface area contributed by atoms with Crippen LogP contribution in [0, 0.1) is 0 Å². The van der Waals surface area contributed by atoms with Crippen molar-refractivity contribution in [1.29, 1.82) is 0 Å². The molecular weight excluding hydrogens is 172 g/mol. The van der Waals surface area contributed by atoms with Gasteiger partial charge in [0.1, 0.15) is 0 Å². The molecule has 0 bridgehead atoms. The van der Waals surface area contributed by atoms with Crippen molar-refractivity contribution in [3.05, 3.63) is 12.7 Å². The highest BCUT2D eigenvalue weighted by molar-refractivity contribution is 4.43. The second kappa shape index (κ2) is 3.70. The van der Waals surface area contributed by atoms with Gasteiger partial charge < -0.3 is 0 Å². The lowest BCUT2D eigenvalue weighted by atomic mass is 10.4. The molecular formula is C5H8N8. The van der Waals surface area contributed by atoms with Gasteiger partial charge in [-0.05, 0) is 16.8 Å². The summed E-state index contributed by atoms with van der Waals surface area (Å²) >= 11 is 0. The van der Waals surface area contributed by atoms with Gasteiger partial charge in [-0.1, -0.05) is 0 Å². The molecule has 13 heavy (non-hydrogen) atoms. The van der Waals surface area contributed by atoms with Gasteiger partial charge in [0, 0.05) is 0 Å². The maximum Gasteiger partial charge on any atom is 0.162 e. The van der Waals surface area contributed by atoms with Gasteiger partial charge in [0.25, 0.3) is 0 Å². The molecule has 2 aromatic heterocycles. The van der Waals surface area contributed by atoms with E-state index < -0.39 is 0 Å². The summed E-state index contributed by atoms with van der Waals surface area (Å²) in [4.78, 5) is 3.05. The number of hydrogen-bond acceptors (Lipinski definition) is 6. The Morgan fingerprint density at radius 3 is 1.77 bits per heavy atom. The van der Waals surface area contributed by atoms with Crippen LogP contribution in [0.25, 0.3) is 0 Å². The SMILES string of the molecule is c1nnn(CCCn2ncnn2)n1. The summed E-state index contributed by atoms with van der Waals surface area (Å²) in [7, 11) is 0. The molecule has 0 N–H and O–H groups in total. The first kappa shape index (κ1) is 7.77. The third-order valence-electron chi connectivity index (χ3n) is 1.50. The van der Waals surface area contributed by atoms with Crippen molar-refractivity contribution in [3.8, 4) is 0 Å². The molecule has 0 amide bonds. The first-order valence-corrected chi connectivity index (χ1v) is 3.87. The van der Waals surface area contributed by atoms with E-state index in [-0.39, 0.29) is 0 Å². The normalized spacial score (nSPS) is 10.5. The van der Waals surface area contributed by atoms with Crippen molar-refractivity contribution in [1.82, 2.24) is 40.4 Å². The highest BCUT2D eigenvalue weighted by Crippen LogP contribution is 1.87. The summed E-state index contributed by atoms with van der Waals surface area (Å²) in [6.45, 7) is 1.42. The van der Waals surface area contributed by atoms with Gasteiger partial charge in [0.05, 0.1) is 13.1 Å². The predicted octanol–water partition coefficient (Wildman–Crippen LogP) is -1.25. The van der Waals surface area contributed by atoms with Crippen LogP contribution >= 0.6 is 0 Å². The Kier molecular flexibility index (Phi) is 2.21. The zero-order valence-corrected chi connectivity index (χ0v) is 6.85. The third kappa shape index (κ3) is 2.04. The smallest absolute Gasteiger partial charge is 0.162 e. The first-order valence-electron chi connectivity index (χ1n) is 3.87. The van der Waals surface area contributed by atoms with E-state index in [9.17, 15) is 0 Å². The molecule has 0 unspecified atom stereocenters. The lowest BCUT2D eigenvalue weighted by molar-refractivity contribution is 0.428. The molecule has 0 aliphatic rings. The monoisotopic (exact) mass is 180 g/mol. The number of rotatable bonds is 4. The van der Waals surface area contributed by atoms with E-state index in [1.807, 2.05) is 0 Å². The van der Waals surface area contributed by atoms with Gasteiger partial charge in [-0.2, -0.15) is 9.59 Å². The zero-order valence-electron chi connectivity index (χ0n) is 6.85. The quantitative estimate of drug-likeness (QED) is 0.584. The summed E-state index contributed by atoms with van der Waals surface area (Å²) < 4.78 is 0. The van der Waals surface area contributed by atoms with E-state index >= 15 is 0 Å². The van der Waals surface area contributed by atoms with Crippen LogP contribution in [0.1, 0.15) is 6.42 Å². The second-order valence-electron chi connectivity index (χ2n) is 2.42. The van der Waals surface area contributed by atoms with E-state index in [0.29, 0.717) is 13.1 Å². The maximum absolute atomic E-state index is 3.86. The summed E-state index contributed by atoms with van der Waals surface area (Å²) in [6, 6.07) is 0. The van der Waals surface area contributed by atoms with Gasteiger partial charge >= 0.3 is 0 Å². The Hall–Kier alpha value is -1.86. The highest BCUT2D eigenvalue weighted by Gasteiger charge is 1.95. The van der Waals surface area contributed by atoms with Crippen molar-refractivity contribution < 1.29 is 0 Å². The molecule has 0 atom stereocenters. The Bertz CT molecular complexity index is 289. The van der Waals surface area contributed by atoms with Crippen LogP contribution in [0.15, 0.2) is 12.7 Å². The molecule has 2 rings (SSSR count). The molecule has 0 saturated heterocycles. The number of tetrazole rings is 2. The third-order valence-corrected chi connectivity index (χ3v) is 1.50. The molecule has 2 heterocycles. The highest BCUT2D eigenvalue weighted by atomic mass is 15.6. The van der Waals surface area contributed by atoms with Crippen LogP contribution in [0.3, 0.4) is 0 Å². The molecule has 0 aromatic carbocycles. The van der Waals surface area contributed by atoms with Gasteiger partial charge in [-0.25, -0.2) is 0 Å². The molecule has 0 fully saturated rings. The van der Waals surface area contributed by atoms with Crippen LogP contribution in [0.2, 0.25) is 0 Å². The van der Waals surface area contributed by atoms with Gasteiger partial charge in [-0.15, -0.1) is 20.4 Å². The minimum absolute atomic E-state index is 0.710.